The van der Waals surface area contributed by atoms with E-state index in [-0.39, 0.29) is 16.9 Å². The molecule has 2 atom stereocenters. The summed E-state index contributed by atoms with van der Waals surface area (Å²) in [5, 5.41) is 3.27. The summed E-state index contributed by atoms with van der Waals surface area (Å²) in [5.41, 5.74) is 0.947. The Labute approximate surface area is 140 Å². The lowest BCUT2D eigenvalue weighted by Crippen LogP contribution is -2.37. The van der Waals surface area contributed by atoms with Gasteiger partial charge in [-0.3, -0.25) is 9.27 Å². The van der Waals surface area contributed by atoms with Crippen LogP contribution in [0.1, 0.15) is 0 Å². The van der Waals surface area contributed by atoms with Crippen LogP contribution in [-0.2, 0) is 11.3 Å². The number of nitrogens with one attached hydrogen (secondary N) is 3. The number of fused-ring (bicyclic) bond motifs is 1. The van der Waals surface area contributed by atoms with Gasteiger partial charge in [-0.1, -0.05) is 11.6 Å². The average Bonchev–Trinajstić information content (AvgIpc) is 2.38. The SMILES string of the molecule is O=S(O)Nc1cc2c(cc1Cl)NC(CSCC(F)(F)F)NS2. The fourth-order valence-corrected chi connectivity index (χ4v) is 3.94. The fourth-order valence-electron chi connectivity index (χ4n) is 1.64. The minimum Gasteiger partial charge on any atom is -0.367 e. The van der Waals surface area contributed by atoms with Crippen molar-refractivity contribution in [3.05, 3.63) is 17.2 Å². The van der Waals surface area contributed by atoms with Gasteiger partial charge in [-0.2, -0.15) is 13.2 Å². The summed E-state index contributed by atoms with van der Waals surface area (Å²) < 4.78 is 61.2. The van der Waals surface area contributed by atoms with Gasteiger partial charge in [0.25, 0.3) is 11.3 Å². The molecule has 1 aromatic rings. The minimum atomic E-state index is -4.19. The van der Waals surface area contributed by atoms with E-state index in [9.17, 15) is 17.4 Å². The van der Waals surface area contributed by atoms with Crippen molar-refractivity contribution in [2.45, 2.75) is 17.2 Å². The van der Waals surface area contributed by atoms with Gasteiger partial charge in [0.1, 0.15) is 0 Å². The number of rotatable bonds is 5. The molecule has 0 bridgehead atoms. The molecule has 0 spiro atoms. The Morgan fingerprint density at radius 3 is 2.86 bits per heavy atom. The summed E-state index contributed by atoms with van der Waals surface area (Å²) in [4.78, 5) is 0.717. The van der Waals surface area contributed by atoms with Crippen LogP contribution in [0.5, 0.6) is 0 Å². The Morgan fingerprint density at radius 2 is 2.23 bits per heavy atom. The monoisotopic (exact) mass is 393 g/mol. The molecular formula is C10H11ClF3N3O2S3. The zero-order valence-electron chi connectivity index (χ0n) is 10.7. The summed E-state index contributed by atoms with van der Waals surface area (Å²) in [5.74, 6) is -0.680. The van der Waals surface area contributed by atoms with E-state index in [1.165, 1.54) is 11.9 Å². The largest absolute Gasteiger partial charge is 0.397 e. The Morgan fingerprint density at radius 1 is 1.50 bits per heavy atom. The Bertz CT molecular complexity index is 576. The minimum absolute atomic E-state index is 0.226. The number of anilines is 2. The predicted octanol–water partition coefficient (Wildman–Crippen LogP) is 3.53. The lowest BCUT2D eigenvalue weighted by molar-refractivity contribution is -0.105. The van der Waals surface area contributed by atoms with Crippen molar-refractivity contribution in [1.29, 1.82) is 0 Å². The van der Waals surface area contributed by atoms with Gasteiger partial charge < -0.3 is 5.32 Å². The first-order valence-electron chi connectivity index (χ1n) is 5.79. The molecule has 1 heterocycles. The zero-order valence-corrected chi connectivity index (χ0v) is 13.9. The molecule has 5 nitrogen and oxygen atoms in total. The molecule has 0 aliphatic carbocycles. The number of hydrogen-bond donors (Lipinski definition) is 4. The fraction of sp³-hybridized carbons (Fsp3) is 0.400. The highest BCUT2D eigenvalue weighted by Crippen LogP contribution is 2.37. The van der Waals surface area contributed by atoms with E-state index in [0.29, 0.717) is 11.4 Å². The first-order valence-corrected chi connectivity index (χ1v) is 9.24. The maximum Gasteiger partial charge on any atom is 0.397 e. The highest BCUT2D eigenvalue weighted by Gasteiger charge is 2.28. The summed E-state index contributed by atoms with van der Waals surface area (Å²) in [7, 11) is 0. The van der Waals surface area contributed by atoms with Gasteiger partial charge in [0.15, 0.2) is 0 Å². The molecule has 124 valence electrons. The third-order valence-corrected chi connectivity index (χ3v) is 5.23. The normalized spacial score (nSPS) is 19.2. The van der Waals surface area contributed by atoms with Gasteiger partial charge in [-0.15, -0.1) is 11.8 Å². The van der Waals surface area contributed by atoms with Gasteiger partial charge >= 0.3 is 6.18 Å². The molecule has 0 saturated carbocycles. The van der Waals surface area contributed by atoms with Crippen molar-refractivity contribution >= 4 is 58.0 Å². The quantitative estimate of drug-likeness (QED) is 0.453. The molecule has 2 unspecified atom stereocenters. The zero-order chi connectivity index (χ0) is 16.3. The van der Waals surface area contributed by atoms with E-state index in [1.807, 2.05) is 0 Å². The predicted molar refractivity (Wildman–Crippen MR) is 85.6 cm³/mol. The Hall–Kier alpha value is -0.330. The topological polar surface area (TPSA) is 73.4 Å². The van der Waals surface area contributed by atoms with Crippen molar-refractivity contribution in [2.75, 3.05) is 21.5 Å². The summed E-state index contributed by atoms with van der Waals surface area (Å²) in [6.07, 6.45) is -4.53. The number of halogens is 4. The van der Waals surface area contributed by atoms with Crippen LogP contribution in [0.15, 0.2) is 17.0 Å². The molecule has 0 radical (unpaired) electrons. The molecule has 4 N–H and O–H groups in total. The number of hydrogen-bond acceptors (Lipinski definition) is 5. The molecule has 2 rings (SSSR count). The molecule has 22 heavy (non-hydrogen) atoms. The molecule has 0 amide bonds. The van der Waals surface area contributed by atoms with E-state index < -0.39 is 23.2 Å². The van der Waals surface area contributed by atoms with Crippen LogP contribution in [-0.4, -0.2) is 32.6 Å². The third kappa shape index (κ3) is 5.39. The van der Waals surface area contributed by atoms with Gasteiger partial charge in [0.2, 0.25) is 0 Å². The first kappa shape index (κ1) is 18.0. The van der Waals surface area contributed by atoms with E-state index in [2.05, 4.69) is 14.8 Å². The second-order valence-electron chi connectivity index (χ2n) is 4.23. The second-order valence-corrected chi connectivity index (χ2v) is 7.25. The number of benzene rings is 1. The highest BCUT2D eigenvalue weighted by atomic mass is 35.5. The van der Waals surface area contributed by atoms with Crippen LogP contribution in [0.25, 0.3) is 0 Å². The average molecular weight is 394 g/mol. The Kier molecular flexibility index (Phi) is 6.14. The van der Waals surface area contributed by atoms with E-state index in [0.717, 1.165) is 16.7 Å². The van der Waals surface area contributed by atoms with Crippen LogP contribution < -0.4 is 14.8 Å². The second kappa shape index (κ2) is 7.49. The standard InChI is InChI=1S/C10H11ClF3N3O2S3/c11-5-1-7-8(2-6(5)17-22(18)19)21-16-9(15-7)3-20-4-10(12,13)14/h1-2,9,15-17H,3-4H2,(H,18,19). The molecule has 0 aromatic heterocycles. The lowest BCUT2D eigenvalue weighted by Gasteiger charge is -2.28. The van der Waals surface area contributed by atoms with E-state index in [1.54, 1.807) is 12.1 Å². The Balaban J connectivity index is 1.99. The number of thioether (sulfide) groups is 1. The lowest BCUT2D eigenvalue weighted by atomic mass is 10.2. The van der Waals surface area contributed by atoms with Gasteiger partial charge in [0.05, 0.1) is 28.3 Å². The first-order chi connectivity index (χ1) is 10.2. The molecule has 1 aromatic carbocycles. The van der Waals surface area contributed by atoms with Gasteiger partial charge in [-0.25, -0.2) is 8.93 Å². The summed E-state index contributed by atoms with van der Waals surface area (Å²) >= 11 is 5.74. The molecule has 1 aliphatic heterocycles. The number of alkyl halides is 3. The van der Waals surface area contributed by atoms with Crippen molar-refractivity contribution < 1.29 is 21.9 Å². The summed E-state index contributed by atoms with van der Waals surface area (Å²) in [6, 6.07) is 3.14. The van der Waals surface area contributed by atoms with Crippen LogP contribution in [0.2, 0.25) is 5.02 Å². The third-order valence-electron chi connectivity index (χ3n) is 2.46. The van der Waals surface area contributed by atoms with Crippen LogP contribution in [0.4, 0.5) is 24.5 Å². The van der Waals surface area contributed by atoms with Crippen LogP contribution in [0, 0.1) is 0 Å². The van der Waals surface area contributed by atoms with Crippen molar-refractivity contribution in [1.82, 2.24) is 4.72 Å². The van der Waals surface area contributed by atoms with E-state index >= 15 is 0 Å². The highest BCUT2D eigenvalue weighted by molar-refractivity contribution is 7.99. The smallest absolute Gasteiger partial charge is 0.367 e. The molecular weight excluding hydrogens is 383 g/mol. The van der Waals surface area contributed by atoms with Crippen LogP contribution in [0.3, 0.4) is 0 Å². The van der Waals surface area contributed by atoms with Crippen molar-refractivity contribution in [2.24, 2.45) is 0 Å². The molecule has 1 aliphatic rings. The van der Waals surface area contributed by atoms with Gasteiger partial charge in [0, 0.05) is 10.6 Å². The van der Waals surface area contributed by atoms with Crippen molar-refractivity contribution in [3.8, 4) is 0 Å². The molecule has 0 fully saturated rings. The molecule has 12 heteroatoms. The molecule has 0 saturated heterocycles. The van der Waals surface area contributed by atoms with E-state index in [4.69, 9.17) is 16.2 Å². The van der Waals surface area contributed by atoms with Gasteiger partial charge in [-0.05, 0) is 24.1 Å². The van der Waals surface area contributed by atoms with Crippen LogP contribution >= 0.6 is 35.3 Å². The van der Waals surface area contributed by atoms with Crippen molar-refractivity contribution in [3.63, 3.8) is 0 Å². The maximum atomic E-state index is 12.1. The summed E-state index contributed by atoms with van der Waals surface area (Å²) in [6.45, 7) is 0. The maximum absolute atomic E-state index is 12.1.